The summed E-state index contributed by atoms with van der Waals surface area (Å²) in [4.78, 5) is 39.4. The molecule has 0 aliphatic rings. The monoisotopic (exact) mass is 925 g/mol. The molecule has 0 aliphatic carbocycles. The van der Waals surface area contributed by atoms with Crippen molar-refractivity contribution in [2.75, 3.05) is 0 Å². The van der Waals surface area contributed by atoms with E-state index in [1.54, 1.807) is 0 Å². The Kier molecular flexibility index (Phi) is 38.8. The minimum Gasteiger partial charge on any atom is -0.478 e. The number of hydrogen-bond donors (Lipinski definition) is 3. The first-order valence-electron chi connectivity index (χ1n) is 28.8. The fourth-order valence-electron chi connectivity index (χ4n) is 10.3. The second-order valence-electron chi connectivity index (χ2n) is 22.0. The quantitative estimate of drug-likeness (QED) is 0.0561. The number of aromatic carboxylic acids is 3. The molecular weight excluding hydrogens is 817 g/mol. The second kappa shape index (κ2) is 41.6. The van der Waals surface area contributed by atoms with Crippen LogP contribution in [0, 0.1) is 17.8 Å². The highest BCUT2D eigenvalue weighted by Gasteiger charge is 2.32. The average molecular weight is 926 g/mol. The molecule has 0 bridgehead atoms. The molecule has 6 heteroatoms. The van der Waals surface area contributed by atoms with E-state index < -0.39 is 17.9 Å². The van der Waals surface area contributed by atoms with Crippen LogP contribution >= 0.6 is 0 Å². The molecule has 0 fully saturated rings. The summed E-state index contributed by atoms with van der Waals surface area (Å²) in [5.74, 6) is -1.27. The number of hydrogen-bond acceptors (Lipinski definition) is 3. The van der Waals surface area contributed by atoms with Crippen LogP contribution in [0.5, 0.6) is 0 Å². The Balaban J connectivity index is 2.90. The molecule has 0 atom stereocenters. The molecule has 0 aromatic heterocycles. The Morgan fingerprint density at radius 2 is 0.424 bits per heavy atom. The van der Waals surface area contributed by atoms with Gasteiger partial charge in [-0.3, -0.25) is 0 Å². The maximum atomic E-state index is 13.2. The van der Waals surface area contributed by atoms with Crippen LogP contribution in [0.15, 0.2) is 0 Å². The van der Waals surface area contributed by atoms with Gasteiger partial charge >= 0.3 is 17.9 Å². The van der Waals surface area contributed by atoms with Gasteiger partial charge < -0.3 is 15.3 Å². The Morgan fingerprint density at radius 3 is 0.636 bits per heavy atom. The molecule has 0 saturated heterocycles. The van der Waals surface area contributed by atoms with Crippen molar-refractivity contribution < 1.29 is 29.7 Å². The number of carbonyl (C=O) groups is 3. The van der Waals surface area contributed by atoms with Crippen LogP contribution < -0.4 is 0 Å². The molecule has 0 heterocycles. The van der Waals surface area contributed by atoms with E-state index in [2.05, 4.69) is 41.5 Å². The van der Waals surface area contributed by atoms with E-state index in [0.717, 1.165) is 88.4 Å². The summed E-state index contributed by atoms with van der Waals surface area (Å²) >= 11 is 0. The first kappa shape index (κ1) is 61.6. The van der Waals surface area contributed by atoms with Crippen LogP contribution in [0.4, 0.5) is 0 Å². The third-order valence-electron chi connectivity index (χ3n) is 14.3. The molecule has 0 aliphatic heterocycles. The molecule has 0 radical (unpaired) electrons. The third-order valence-corrected chi connectivity index (χ3v) is 14.3. The van der Waals surface area contributed by atoms with E-state index in [1.807, 2.05) is 0 Å². The zero-order chi connectivity index (χ0) is 48.6. The highest BCUT2D eigenvalue weighted by molar-refractivity contribution is 6.07. The maximum absolute atomic E-state index is 13.2. The maximum Gasteiger partial charge on any atom is 0.336 e. The summed E-state index contributed by atoms with van der Waals surface area (Å²) in [7, 11) is 0. The highest BCUT2D eigenvalue weighted by Crippen LogP contribution is 2.34. The van der Waals surface area contributed by atoms with Crippen molar-refractivity contribution >= 4 is 17.9 Å². The van der Waals surface area contributed by atoms with E-state index in [-0.39, 0.29) is 28.7 Å². The van der Waals surface area contributed by atoms with Gasteiger partial charge in [-0.15, -0.1) is 0 Å². The van der Waals surface area contributed by atoms with Gasteiger partial charge in [-0.2, -0.15) is 0 Å². The fraction of sp³-hybridized carbons (Fsp3) is 0.850. The van der Waals surface area contributed by atoms with E-state index in [9.17, 15) is 29.7 Å². The lowest BCUT2D eigenvalue weighted by molar-refractivity contribution is 0.0646. The first-order valence-corrected chi connectivity index (χ1v) is 28.8. The Labute approximate surface area is 408 Å². The van der Waals surface area contributed by atoms with Gasteiger partial charge in [-0.25, -0.2) is 14.4 Å². The van der Waals surface area contributed by atoms with E-state index in [0.29, 0.717) is 30.4 Å². The number of unbranched alkanes of at least 4 members (excludes halogenated alkanes) is 33. The van der Waals surface area contributed by atoms with Crippen molar-refractivity contribution in [1.82, 2.24) is 0 Å². The van der Waals surface area contributed by atoms with Crippen LogP contribution in [0.1, 0.15) is 340 Å². The summed E-state index contributed by atoms with van der Waals surface area (Å²) in [6.07, 6.45) is 48.0. The molecule has 66 heavy (non-hydrogen) atoms. The first-order chi connectivity index (χ1) is 31.9. The van der Waals surface area contributed by atoms with Crippen molar-refractivity contribution in [3.8, 4) is 0 Å². The predicted octanol–water partition coefficient (Wildman–Crippen LogP) is 19.6. The molecule has 384 valence electrons. The van der Waals surface area contributed by atoms with Gasteiger partial charge in [0.2, 0.25) is 0 Å². The molecule has 0 spiro atoms. The predicted molar refractivity (Wildman–Crippen MR) is 283 cm³/mol. The van der Waals surface area contributed by atoms with Crippen molar-refractivity contribution in [1.29, 1.82) is 0 Å². The van der Waals surface area contributed by atoms with E-state index in [1.165, 1.54) is 173 Å². The summed E-state index contributed by atoms with van der Waals surface area (Å²) in [5, 5.41) is 32.1. The lowest BCUT2D eigenvalue weighted by Gasteiger charge is -2.22. The van der Waals surface area contributed by atoms with Gasteiger partial charge in [0, 0.05) is 0 Å². The Hall–Kier alpha value is -2.37. The zero-order valence-corrected chi connectivity index (χ0v) is 44.5. The van der Waals surface area contributed by atoms with Gasteiger partial charge in [0.05, 0.1) is 16.7 Å². The van der Waals surface area contributed by atoms with Crippen molar-refractivity contribution in [2.45, 2.75) is 311 Å². The lowest BCUT2D eigenvalue weighted by atomic mass is 9.80. The van der Waals surface area contributed by atoms with Crippen LogP contribution in [0.25, 0.3) is 0 Å². The molecular formula is C60H108O6. The van der Waals surface area contributed by atoms with Crippen LogP contribution in [0.2, 0.25) is 0 Å². The standard InChI is InChI=1S/C60H108O6/c1-49(2)43-37-31-25-19-13-7-10-16-22-28-34-40-46-52-53(47-41-35-29-23-17-11-8-14-20-26-32-38-44-50(3)4)56(59(63)64)57(60(65)66)54(55(52)58(61)62)48-42-36-30-24-18-12-9-15-21-27-33-39-45-51(5)6/h49-51H,7-48H2,1-6H3,(H,61,62)(H,63,64)(H,65,66). The van der Waals surface area contributed by atoms with Crippen molar-refractivity contribution in [3.63, 3.8) is 0 Å². The van der Waals surface area contributed by atoms with Crippen LogP contribution in [-0.4, -0.2) is 33.2 Å². The van der Waals surface area contributed by atoms with Crippen molar-refractivity contribution in [2.24, 2.45) is 17.8 Å². The largest absolute Gasteiger partial charge is 0.478 e. The summed E-state index contributed by atoms with van der Waals surface area (Å²) < 4.78 is 0. The highest BCUT2D eigenvalue weighted by atomic mass is 16.4. The SMILES string of the molecule is CC(C)CCCCCCCCCCCCCCc1c(CCCCCCCCCCCCCCC(C)C)c(C(=O)O)c(C(=O)O)c(CCCCCCCCCCCCCCC(C)C)c1C(=O)O. The normalized spacial score (nSPS) is 11.8. The minimum atomic E-state index is -1.32. The number of carboxylic acids is 3. The molecule has 0 unspecified atom stereocenters. The molecule has 1 rings (SSSR count). The Morgan fingerprint density at radius 1 is 0.258 bits per heavy atom. The molecule has 1 aromatic carbocycles. The van der Waals surface area contributed by atoms with Crippen LogP contribution in [0.3, 0.4) is 0 Å². The molecule has 3 N–H and O–H groups in total. The smallest absolute Gasteiger partial charge is 0.336 e. The molecule has 0 saturated carbocycles. The second-order valence-corrected chi connectivity index (χ2v) is 22.0. The molecule has 0 amide bonds. The summed E-state index contributed by atoms with van der Waals surface area (Å²) in [6.45, 7) is 13.8. The minimum absolute atomic E-state index is 0.0840. The summed E-state index contributed by atoms with van der Waals surface area (Å²) in [5.41, 5.74) is 0.947. The molecule has 6 nitrogen and oxygen atoms in total. The fourth-order valence-corrected chi connectivity index (χ4v) is 10.3. The van der Waals surface area contributed by atoms with E-state index in [4.69, 9.17) is 0 Å². The number of carboxylic acid groups (broad SMARTS) is 3. The number of benzene rings is 1. The third kappa shape index (κ3) is 31.6. The Bertz CT molecular complexity index is 1360. The topological polar surface area (TPSA) is 112 Å². The lowest BCUT2D eigenvalue weighted by Crippen LogP contribution is -2.22. The van der Waals surface area contributed by atoms with Crippen molar-refractivity contribution in [3.05, 3.63) is 33.4 Å². The van der Waals surface area contributed by atoms with Gasteiger partial charge in [-0.1, -0.05) is 273 Å². The average Bonchev–Trinajstić information content (AvgIpc) is 3.25. The van der Waals surface area contributed by atoms with Gasteiger partial charge in [0.15, 0.2) is 0 Å². The zero-order valence-electron chi connectivity index (χ0n) is 44.5. The molecule has 1 aromatic rings. The van der Waals surface area contributed by atoms with Gasteiger partial charge in [0.1, 0.15) is 0 Å². The van der Waals surface area contributed by atoms with Gasteiger partial charge in [0.25, 0.3) is 0 Å². The van der Waals surface area contributed by atoms with Crippen LogP contribution in [-0.2, 0) is 19.3 Å². The van der Waals surface area contributed by atoms with E-state index >= 15 is 0 Å². The number of rotatable bonds is 48. The van der Waals surface area contributed by atoms with Gasteiger partial charge in [-0.05, 0) is 73.0 Å². The summed E-state index contributed by atoms with van der Waals surface area (Å²) in [6, 6.07) is 0.